The lowest BCUT2D eigenvalue weighted by Crippen LogP contribution is -2.36. The summed E-state index contributed by atoms with van der Waals surface area (Å²) >= 11 is 0. The van der Waals surface area contributed by atoms with E-state index in [4.69, 9.17) is 5.73 Å². The first-order valence-electron chi connectivity index (χ1n) is 6.54. The maximum atomic E-state index is 9.53. The summed E-state index contributed by atoms with van der Waals surface area (Å²) in [6.07, 6.45) is 7.95. The van der Waals surface area contributed by atoms with Crippen molar-refractivity contribution in [2.24, 2.45) is 28.9 Å². The van der Waals surface area contributed by atoms with Crippen LogP contribution in [0.2, 0.25) is 0 Å². The largest absolute Gasteiger partial charge is 0.396 e. The zero-order valence-corrected chi connectivity index (χ0v) is 9.91. The van der Waals surface area contributed by atoms with Gasteiger partial charge < -0.3 is 10.8 Å². The molecular weight excluding hydrogens is 186 g/mol. The third-order valence-corrected chi connectivity index (χ3v) is 5.10. The van der Waals surface area contributed by atoms with Crippen molar-refractivity contribution in [1.82, 2.24) is 0 Å². The zero-order valence-electron chi connectivity index (χ0n) is 9.91. The van der Waals surface area contributed by atoms with E-state index in [1.165, 1.54) is 25.7 Å². The molecule has 2 heteroatoms. The van der Waals surface area contributed by atoms with Crippen LogP contribution >= 0.6 is 0 Å². The summed E-state index contributed by atoms with van der Waals surface area (Å²) in [5, 5.41) is 9.53. The number of aliphatic hydroxyl groups is 1. The summed E-state index contributed by atoms with van der Waals surface area (Å²) in [7, 11) is 0. The lowest BCUT2D eigenvalue weighted by atomic mass is 9.73. The number of nitrogens with two attached hydrogens (primary N) is 1. The van der Waals surface area contributed by atoms with Crippen molar-refractivity contribution < 1.29 is 5.11 Å². The standard InChI is InChI=1S/C13H25NO/c1-2-13(8-14,9-15)7-12-6-10-3-4-11(12)5-10/h10-12,15H,2-9,14H2,1H3. The molecule has 88 valence electrons. The first kappa shape index (κ1) is 11.4. The fraction of sp³-hybridized carbons (Fsp3) is 1.00. The molecule has 0 aliphatic heterocycles. The summed E-state index contributed by atoms with van der Waals surface area (Å²) < 4.78 is 0. The highest BCUT2D eigenvalue weighted by molar-refractivity contribution is 4.93. The Morgan fingerprint density at radius 2 is 2.13 bits per heavy atom. The molecule has 0 aromatic heterocycles. The molecule has 3 N–H and O–H groups in total. The fourth-order valence-electron chi connectivity index (χ4n) is 3.80. The van der Waals surface area contributed by atoms with E-state index in [1.807, 2.05) is 0 Å². The van der Waals surface area contributed by atoms with Gasteiger partial charge in [0.2, 0.25) is 0 Å². The Hall–Kier alpha value is -0.0800. The molecule has 0 spiro atoms. The highest BCUT2D eigenvalue weighted by Crippen LogP contribution is 2.52. The smallest absolute Gasteiger partial charge is 0.0499 e. The third kappa shape index (κ3) is 2.07. The Bertz CT molecular complexity index is 204. The predicted molar refractivity (Wildman–Crippen MR) is 62.4 cm³/mol. The van der Waals surface area contributed by atoms with Gasteiger partial charge in [-0.3, -0.25) is 0 Å². The minimum atomic E-state index is 0.0230. The van der Waals surface area contributed by atoms with Crippen molar-refractivity contribution in [3.63, 3.8) is 0 Å². The molecule has 2 aliphatic carbocycles. The van der Waals surface area contributed by atoms with E-state index in [2.05, 4.69) is 6.92 Å². The average Bonchev–Trinajstić information content (AvgIpc) is 2.88. The summed E-state index contributed by atoms with van der Waals surface area (Å²) in [4.78, 5) is 0. The number of hydrogen-bond donors (Lipinski definition) is 2. The molecule has 4 unspecified atom stereocenters. The van der Waals surface area contributed by atoms with Crippen LogP contribution in [-0.4, -0.2) is 18.3 Å². The Morgan fingerprint density at radius 3 is 2.53 bits per heavy atom. The van der Waals surface area contributed by atoms with Crippen LogP contribution in [0.25, 0.3) is 0 Å². The molecule has 0 aromatic carbocycles. The molecule has 2 nitrogen and oxygen atoms in total. The van der Waals surface area contributed by atoms with Gasteiger partial charge in [0.1, 0.15) is 0 Å². The topological polar surface area (TPSA) is 46.2 Å². The lowest BCUT2D eigenvalue weighted by Gasteiger charge is -2.35. The molecule has 0 amide bonds. The molecule has 0 saturated heterocycles. The molecule has 2 fully saturated rings. The van der Waals surface area contributed by atoms with Crippen LogP contribution in [0.1, 0.15) is 45.4 Å². The van der Waals surface area contributed by atoms with Gasteiger partial charge in [-0.15, -0.1) is 0 Å². The Balaban J connectivity index is 1.95. The zero-order chi connectivity index (χ0) is 10.9. The van der Waals surface area contributed by atoms with Gasteiger partial charge in [0, 0.05) is 18.6 Å². The van der Waals surface area contributed by atoms with Gasteiger partial charge >= 0.3 is 0 Å². The number of aliphatic hydroxyl groups excluding tert-OH is 1. The van der Waals surface area contributed by atoms with Crippen LogP contribution < -0.4 is 5.73 Å². The molecule has 2 bridgehead atoms. The number of rotatable bonds is 5. The van der Waals surface area contributed by atoms with Crippen molar-refractivity contribution in [2.45, 2.75) is 45.4 Å². The van der Waals surface area contributed by atoms with E-state index >= 15 is 0 Å². The molecule has 0 heterocycles. The lowest BCUT2D eigenvalue weighted by molar-refractivity contribution is 0.0847. The maximum absolute atomic E-state index is 9.53. The van der Waals surface area contributed by atoms with E-state index in [0.29, 0.717) is 6.54 Å². The first-order valence-corrected chi connectivity index (χ1v) is 6.54. The van der Waals surface area contributed by atoms with Crippen molar-refractivity contribution in [3.8, 4) is 0 Å². The molecule has 2 rings (SSSR count). The van der Waals surface area contributed by atoms with Crippen LogP contribution in [-0.2, 0) is 0 Å². The van der Waals surface area contributed by atoms with Gasteiger partial charge in [0.25, 0.3) is 0 Å². The molecule has 2 saturated carbocycles. The van der Waals surface area contributed by atoms with Crippen molar-refractivity contribution in [2.75, 3.05) is 13.2 Å². The summed E-state index contributed by atoms with van der Waals surface area (Å²) in [6, 6.07) is 0. The monoisotopic (exact) mass is 211 g/mol. The Kier molecular flexibility index (Phi) is 3.36. The van der Waals surface area contributed by atoms with Gasteiger partial charge in [-0.25, -0.2) is 0 Å². The second-order valence-corrected chi connectivity index (χ2v) is 5.85. The molecular formula is C13H25NO. The highest BCUT2D eigenvalue weighted by Gasteiger charge is 2.42. The summed E-state index contributed by atoms with van der Waals surface area (Å²) in [5.41, 5.74) is 5.87. The number of hydrogen-bond acceptors (Lipinski definition) is 2. The SMILES string of the molecule is CCC(CN)(CO)CC1CC2CCC1C2. The second kappa shape index (κ2) is 4.42. The van der Waals surface area contributed by atoms with Gasteiger partial charge in [-0.2, -0.15) is 0 Å². The van der Waals surface area contributed by atoms with E-state index in [0.717, 1.165) is 30.6 Å². The summed E-state index contributed by atoms with van der Waals surface area (Å²) in [6.45, 7) is 3.08. The van der Waals surface area contributed by atoms with Crippen LogP contribution in [0.4, 0.5) is 0 Å². The normalized spacial score (nSPS) is 38.2. The van der Waals surface area contributed by atoms with Gasteiger partial charge in [0.15, 0.2) is 0 Å². The molecule has 2 aliphatic rings. The van der Waals surface area contributed by atoms with Crippen LogP contribution in [0.3, 0.4) is 0 Å². The molecule has 15 heavy (non-hydrogen) atoms. The van der Waals surface area contributed by atoms with Crippen molar-refractivity contribution in [1.29, 1.82) is 0 Å². The summed E-state index contributed by atoms with van der Waals surface area (Å²) in [5.74, 6) is 2.82. The number of fused-ring (bicyclic) bond motifs is 2. The minimum Gasteiger partial charge on any atom is -0.396 e. The van der Waals surface area contributed by atoms with E-state index in [9.17, 15) is 5.11 Å². The van der Waals surface area contributed by atoms with E-state index in [-0.39, 0.29) is 12.0 Å². The quantitative estimate of drug-likeness (QED) is 0.732. The molecule has 4 atom stereocenters. The third-order valence-electron chi connectivity index (χ3n) is 5.10. The maximum Gasteiger partial charge on any atom is 0.0499 e. The first-order chi connectivity index (χ1) is 7.23. The molecule has 0 aromatic rings. The van der Waals surface area contributed by atoms with Gasteiger partial charge in [0.05, 0.1) is 0 Å². The Labute approximate surface area is 93.2 Å². The van der Waals surface area contributed by atoms with E-state index < -0.39 is 0 Å². The van der Waals surface area contributed by atoms with Crippen molar-refractivity contribution >= 4 is 0 Å². The fourth-order valence-corrected chi connectivity index (χ4v) is 3.80. The minimum absolute atomic E-state index is 0.0230. The van der Waals surface area contributed by atoms with Gasteiger partial charge in [-0.05, 0) is 49.9 Å². The Morgan fingerprint density at radius 1 is 1.33 bits per heavy atom. The molecule has 0 radical (unpaired) electrons. The van der Waals surface area contributed by atoms with Crippen LogP contribution in [0.15, 0.2) is 0 Å². The second-order valence-electron chi connectivity index (χ2n) is 5.85. The van der Waals surface area contributed by atoms with Gasteiger partial charge in [-0.1, -0.05) is 13.3 Å². The average molecular weight is 211 g/mol. The van der Waals surface area contributed by atoms with Crippen LogP contribution in [0, 0.1) is 23.2 Å². The van der Waals surface area contributed by atoms with Crippen molar-refractivity contribution in [3.05, 3.63) is 0 Å². The van der Waals surface area contributed by atoms with E-state index in [1.54, 1.807) is 0 Å². The predicted octanol–water partition coefficient (Wildman–Crippen LogP) is 2.16. The highest BCUT2D eigenvalue weighted by atomic mass is 16.3. The van der Waals surface area contributed by atoms with Crippen LogP contribution in [0.5, 0.6) is 0 Å².